The molecule has 0 aliphatic rings. The molecule has 0 amide bonds. The highest BCUT2D eigenvalue weighted by Gasteiger charge is 2.21. The lowest BCUT2D eigenvalue weighted by Gasteiger charge is -2.09. The molecule has 1 atom stereocenters. The molecular formula is C13H14N2O2S. The zero-order valence-corrected chi connectivity index (χ0v) is 11.1. The first kappa shape index (κ1) is 12.7. The van der Waals surface area contributed by atoms with Crippen LogP contribution in [0.3, 0.4) is 0 Å². The lowest BCUT2D eigenvalue weighted by atomic mass is 10.1. The van der Waals surface area contributed by atoms with Crippen LogP contribution in [0.25, 0.3) is 10.6 Å². The summed E-state index contributed by atoms with van der Waals surface area (Å²) in [4.78, 5) is 20.7. The summed E-state index contributed by atoms with van der Waals surface area (Å²) in [6.45, 7) is 3.84. The second-order valence-electron chi connectivity index (χ2n) is 4.03. The van der Waals surface area contributed by atoms with Gasteiger partial charge in [0.25, 0.3) is 0 Å². The van der Waals surface area contributed by atoms with E-state index in [-0.39, 0.29) is 0 Å². The van der Waals surface area contributed by atoms with E-state index in [0.717, 1.165) is 16.1 Å². The summed E-state index contributed by atoms with van der Waals surface area (Å²) in [6, 6.07) is 3.84. The second-order valence-corrected chi connectivity index (χ2v) is 4.95. The third kappa shape index (κ3) is 2.41. The van der Waals surface area contributed by atoms with E-state index in [9.17, 15) is 4.79 Å². The van der Waals surface area contributed by atoms with Gasteiger partial charge in [-0.3, -0.25) is 4.79 Å². The zero-order valence-electron chi connectivity index (χ0n) is 10.3. The molecule has 18 heavy (non-hydrogen) atoms. The van der Waals surface area contributed by atoms with Gasteiger partial charge in [-0.15, -0.1) is 11.3 Å². The van der Waals surface area contributed by atoms with Gasteiger partial charge in [-0.05, 0) is 36.4 Å². The summed E-state index contributed by atoms with van der Waals surface area (Å²) in [5.74, 6) is -1.13. The maximum absolute atomic E-state index is 11.1. The van der Waals surface area contributed by atoms with Gasteiger partial charge in [0.05, 0.1) is 10.6 Å². The molecule has 2 heterocycles. The quantitative estimate of drug-likeness (QED) is 0.919. The molecule has 94 valence electrons. The van der Waals surface area contributed by atoms with E-state index in [1.165, 1.54) is 0 Å². The van der Waals surface area contributed by atoms with Gasteiger partial charge in [0.15, 0.2) is 0 Å². The van der Waals surface area contributed by atoms with Crippen LogP contribution in [0.2, 0.25) is 0 Å². The number of aliphatic carboxylic acids is 1. The summed E-state index contributed by atoms with van der Waals surface area (Å²) in [7, 11) is 0. The third-order valence-corrected chi connectivity index (χ3v) is 3.83. The minimum Gasteiger partial charge on any atom is -0.481 e. The SMILES string of the molecule is CCC(C(=O)O)c1nccc(-c2sccc2C)n1. The molecule has 0 aromatic carbocycles. The number of hydrogen-bond acceptors (Lipinski definition) is 4. The molecule has 2 rings (SSSR count). The number of aryl methyl sites for hydroxylation is 1. The van der Waals surface area contributed by atoms with Crippen LogP contribution in [0.15, 0.2) is 23.7 Å². The molecule has 5 heteroatoms. The van der Waals surface area contributed by atoms with Crippen molar-refractivity contribution in [2.75, 3.05) is 0 Å². The Morgan fingerprint density at radius 2 is 2.28 bits per heavy atom. The van der Waals surface area contributed by atoms with Crippen LogP contribution in [0.1, 0.15) is 30.7 Å². The summed E-state index contributed by atoms with van der Waals surface area (Å²) >= 11 is 1.60. The number of hydrogen-bond donors (Lipinski definition) is 1. The van der Waals surface area contributed by atoms with Crippen molar-refractivity contribution in [3.63, 3.8) is 0 Å². The molecule has 4 nitrogen and oxygen atoms in total. The molecule has 0 bridgehead atoms. The molecule has 0 aliphatic carbocycles. The molecular weight excluding hydrogens is 248 g/mol. The summed E-state index contributed by atoms with van der Waals surface area (Å²) < 4.78 is 0. The molecule has 0 fully saturated rings. The van der Waals surface area contributed by atoms with Crippen LogP contribution in [0.5, 0.6) is 0 Å². The minimum atomic E-state index is -0.877. The van der Waals surface area contributed by atoms with Crippen LogP contribution in [-0.4, -0.2) is 21.0 Å². The zero-order chi connectivity index (χ0) is 13.1. The molecule has 1 N–H and O–H groups in total. The van der Waals surface area contributed by atoms with Gasteiger partial charge in [0.1, 0.15) is 11.7 Å². The Hall–Kier alpha value is -1.75. The lowest BCUT2D eigenvalue weighted by molar-refractivity contribution is -0.139. The number of rotatable bonds is 4. The number of nitrogens with zero attached hydrogens (tertiary/aromatic N) is 2. The first-order valence-corrected chi connectivity index (χ1v) is 6.61. The van der Waals surface area contributed by atoms with Crippen molar-refractivity contribution >= 4 is 17.3 Å². The fourth-order valence-corrected chi connectivity index (χ4v) is 2.67. The van der Waals surface area contributed by atoms with Crippen molar-refractivity contribution in [2.45, 2.75) is 26.2 Å². The lowest BCUT2D eigenvalue weighted by Crippen LogP contribution is -2.14. The average Bonchev–Trinajstić information content (AvgIpc) is 2.76. The smallest absolute Gasteiger partial charge is 0.314 e. The third-order valence-electron chi connectivity index (χ3n) is 2.79. The van der Waals surface area contributed by atoms with Crippen molar-refractivity contribution in [3.05, 3.63) is 35.1 Å². The number of thiophene rings is 1. The Labute approximate surface area is 109 Å². The second kappa shape index (κ2) is 5.27. The van der Waals surface area contributed by atoms with Crippen molar-refractivity contribution in [1.82, 2.24) is 9.97 Å². The standard InChI is InChI=1S/C13H14N2O2S/c1-3-9(13(16)17)12-14-6-4-10(15-12)11-8(2)5-7-18-11/h4-7,9H,3H2,1-2H3,(H,16,17). The van der Waals surface area contributed by atoms with Crippen molar-refractivity contribution in [1.29, 1.82) is 0 Å². The topological polar surface area (TPSA) is 63.1 Å². The Morgan fingerprint density at radius 3 is 2.83 bits per heavy atom. The average molecular weight is 262 g/mol. The minimum absolute atomic E-state index is 0.385. The molecule has 0 spiro atoms. The van der Waals surface area contributed by atoms with Crippen molar-refractivity contribution in [3.8, 4) is 10.6 Å². The Kier molecular flexibility index (Phi) is 3.72. The molecule has 1 unspecified atom stereocenters. The van der Waals surface area contributed by atoms with Crippen LogP contribution >= 0.6 is 11.3 Å². The van der Waals surface area contributed by atoms with Gasteiger partial charge in [0.2, 0.25) is 0 Å². The van der Waals surface area contributed by atoms with E-state index in [0.29, 0.717) is 12.2 Å². The molecule has 0 aliphatic heterocycles. The summed E-state index contributed by atoms with van der Waals surface area (Å²) in [6.07, 6.45) is 2.12. The van der Waals surface area contributed by atoms with Gasteiger partial charge in [-0.1, -0.05) is 6.92 Å². The van der Waals surface area contributed by atoms with E-state index in [1.54, 1.807) is 17.5 Å². The molecule has 0 saturated carbocycles. The van der Waals surface area contributed by atoms with Crippen LogP contribution in [0, 0.1) is 6.92 Å². The van der Waals surface area contributed by atoms with E-state index in [4.69, 9.17) is 5.11 Å². The Morgan fingerprint density at radius 1 is 1.50 bits per heavy atom. The monoisotopic (exact) mass is 262 g/mol. The molecule has 0 radical (unpaired) electrons. The normalized spacial score (nSPS) is 12.3. The number of carboxylic acid groups (broad SMARTS) is 1. The maximum Gasteiger partial charge on any atom is 0.314 e. The number of carbonyl (C=O) groups is 1. The van der Waals surface area contributed by atoms with Crippen molar-refractivity contribution < 1.29 is 9.90 Å². The van der Waals surface area contributed by atoms with Gasteiger partial charge >= 0.3 is 5.97 Å². The first-order valence-electron chi connectivity index (χ1n) is 5.73. The fourth-order valence-electron chi connectivity index (χ4n) is 1.77. The molecule has 2 aromatic heterocycles. The Balaban J connectivity index is 2.42. The van der Waals surface area contributed by atoms with Gasteiger partial charge in [-0.25, -0.2) is 9.97 Å². The maximum atomic E-state index is 11.1. The van der Waals surface area contributed by atoms with Gasteiger partial charge < -0.3 is 5.11 Å². The largest absolute Gasteiger partial charge is 0.481 e. The van der Waals surface area contributed by atoms with Crippen LogP contribution in [0.4, 0.5) is 0 Å². The highest BCUT2D eigenvalue weighted by molar-refractivity contribution is 7.13. The van der Waals surface area contributed by atoms with E-state index in [2.05, 4.69) is 9.97 Å². The first-order chi connectivity index (χ1) is 8.63. The van der Waals surface area contributed by atoms with Crippen molar-refractivity contribution in [2.24, 2.45) is 0 Å². The highest BCUT2D eigenvalue weighted by atomic mass is 32.1. The predicted octanol–water partition coefficient (Wildman–Crippen LogP) is 3.09. The molecule has 0 saturated heterocycles. The van der Waals surface area contributed by atoms with Crippen LogP contribution < -0.4 is 0 Å². The molecule has 2 aromatic rings. The van der Waals surface area contributed by atoms with E-state index >= 15 is 0 Å². The summed E-state index contributed by atoms with van der Waals surface area (Å²) in [5, 5.41) is 11.1. The van der Waals surface area contributed by atoms with Gasteiger partial charge in [-0.2, -0.15) is 0 Å². The van der Waals surface area contributed by atoms with Crippen LogP contribution in [-0.2, 0) is 4.79 Å². The Bertz CT molecular complexity index is 566. The summed E-state index contributed by atoms with van der Waals surface area (Å²) in [5.41, 5.74) is 1.94. The predicted molar refractivity (Wildman–Crippen MR) is 70.7 cm³/mol. The number of carboxylic acids is 1. The fraction of sp³-hybridized carbons (Fsp3) is 0.308. The van der Waals surface area contributed by atoms with E-state index in [1.807, 2.05) is 31.4 Å². The highest BCUT2D eigenvalue weighted by Crippen LogP contribution is 2.28. The number of aromatic nitrogens is 2. The van der Waals surface area contributed by atoms with E-state index < -0.39 is 11.9 Å². The van der Waals surface area contributed by atoms with Gasteiger partial charge in [0, 0.05) is 6.20 Å².